The number of nitrogens with one attached hydrogen (secondary N) is 2. The number of para-hydroxylation sites is 2. The van der Waals surface area contributed by atoms with Crippen LogP contribution in [-0.2, 0) is 0 Å². The molecule has 0 aliphatic rings. The number of hydrogen-bond donors (Lipinski definition) is 2. The van der Waals surface area contributed by atoms with Crippen LogP contribution >= 0.6 is 0 Å². The minimum absolute atomic E-state index is 0.293. The summed E-state index contributed by atoms with van der Waals surface area (Å²) in [4.78, 5) is 16.9. The zero-order valence-electron chi connectivity index (χ0n) is 18.8. The molecule has 4 aromatic carbocycles. The summed E-state index contributed by atoms with van der Waals surface area (Å²) >= 11 is 0. The van der Waals surface area contributed by atoms with Gasteiger partial charge in [-0.05, 0) is 66.2 Å². The minimum Gasteiger partial charge on any atom is -0.457 e. The molecule has 0 saturated carbocycles. The monoisotopic (exact) mass is 458 g/mol. The van der Waals surface area contributed by atoms with E-state index in [1.165, 1.54) is 0 Å². The second kappa shape index (κ2) is 10.3. The average molecular weight is 459 g/mol. The van der Waals surface area contributed by atoms with Crippen molar-refractivity contribution in [3.63, 3.8) is 0 Å². The first-order valence-electron chi connectivity index (χ1n) is 11.1. The molecule has 0 atom stereocenters. The summed E-state index contributed by atoms with van der Waals surface area (Å²) in [5.74, 6) is 1.15. The molecule has 1 aromatic heterocycles. The Morgan fingerprint density at radius 1 is 0.800 bits per heavy atom. The number of carbonyl (C=O) groups excluding carboxylic acids is 1. The van der Waals surface area contributed by atoms with Gasteiger partial charge in [0.2, 0.25) is 0 Å². The van der Waals surface area contributed by atoms with E-state index in [1.54, 1.807) is 24.5 Å². The largest absolute Gasteiger partial charge is 0.457 e. The lowest BCUT2D eigenvalue weighted by atomic mass is 10.1. The van der Waals surface area contributed by atoms with Gasteiger partial charge in [0.15, 0.2) is 0 Å². The molecule has 2 N–H and O–H groups in total. The third kappa shape index (κ3) is 5.51. The molecule has 35 heavy (non-hydrogen) atoms. The van der Waals surface area contributed by atoms with Gasteiger partial charge in [-0.15, -0.1) is 0 Å². The third-order valence-electron chi connectivity index (χ3n) is 5.29. The van der Waals surface area contributed by atoms with E-state index in [0.717, 1.165) is 33.6 Å². The van der Waals surface area contributed by atoms with Crippen molar-refractivity contribution in [2.75, 3.05) is 5.32 Å². The quantitative estimate of drug-likeness (QED) is 0.215. The molecule has 0 fully saturated rings. The van der Waals surface area contributed by atoms with Crippen LogP contribution in [-0.4, -0.2) is 17.1 Å². The first-order chi connectivity index (χ1) is 17.2. The number of amides is 1. The molecule has 0 saturated heterocycles. The normalized spacial score (nSPS) is 10.9. The van der Waals surface area contributed by atoms with Gasteiger partial charge in [-0.2, -0.15) is 5.10 Å². The summed E-state index contributed by atoms with van der Waals surface area (Å²) in [6.07, 6.45) is 3.36. The van der Waals surface area contributed by atoms with Crippen molar-refractivity contribution in [2.24, 2.45) is 5.10 Å². The molecule has 0 radical (unpaired) electrons. The molecule has 0 bridgehead atoms. The van der Waals surface area contributed by atoms with Crippen molar-refractivity contribution in [1.29, 1.82) is 0 Å². The maximum atomic E-state index is 12.5. The number of ether oxygens (including phenoxy) is 1. The Bertz CT molecular complexity index is 1480. The fourth-order valence-electron chi connectivity index (χ4n) is 3.58. The standard InChI is InChI=1S/C29H22N4O2/c34-29(33-31-20-21-7-6-10-25(19-21)35-24-8-2-1-3-9-24)22-13-15-23(16-14-22)32-28-17-18-30-27-12-5-4-11-26(27)28/h1-20H,(H,30,32)(H,33,34)/b31-20+. The zero-order valence-corrected chi connectivity index (χ0v) is 18.8. The first-order valence-corrected chi connectivity index (χ1v) is 11.1. The summed E-state index contributed by atoms with van der Waals surface area (Å²) < 4.78 is 5.83. The summed E-state index contributed by atoms with van der Waals surface area (Å²) in [5.41, 5.74) is 6.63. The number of nitrogens with zero attached hydrogens (tertiary/aromatic N) is 2. The van der Waals surface area contributed by atoms with E-state index in [-0.39, 0.29) is 5.91 Å². The predicted octanol–water partition coefficient (Wildman–Crippen LogP) is 6.53. The van der Waals surface area contributed by atoms with Crippen LogP contribution in [0.5, 0.6) is 11.5 Å². The van der Waals surface area contributed by atoms with Crippen LogP contribution in [0.25, 0.3) is 10.9 Å². The molecule has 0 aliphatic carbocycles. The van der Waals surface area contributed by atoms with Gasteiger partial charge in [0.05, 0.1) is 11.7 Å². The van der Waals surface area contributed by atoms with Gasteiger partial charge in [-0.3, -0.25) is 9.78 Å². The van der Waals surface area contributed by atoms with Crippen LogP contribution in [0.3, 0.4) is 0 Å². The van der Waals surface area contributed by atoms with E-state index >= 15 is 0 Å². The Morgan fingerprint density at radius 2 is 1.57 bits per heavy atom. The number of fused-ring (bicyclic) bond motifs is 1. The van der Waals surface area contributed by atoms with E-state index in [4.69, 9.17) is 4.74 Å². The first kappa shape index (κ1) is 21.9. The Hall–Kier alpha value is -4.97. The van der Waals surface area contributed by atoms with E-state index in [0.29, 0.717) is 11.3 Å². The molecule has 6 nitrogen and oxygen atoms in total. The lowest BCUT2D eigenvalue weighted by Gasteiger charge is -2.10. The fourth-order valence-corrected chi connectivity index (χ4v) is 3.58. The molecule has 0 spiro atoms. The zero-order chi connectivity index (χ0) is 23.9. The van der Waals surface area contributed by atoms with Crippen molar-refractivity contribution < 1.29 is 9.53 Å². The highest BCUT2D eigenvalue weighted by Crippen LogP contribution is 2.25. The van der Waals surface area contributed by atoms with E-state index in [2.05, 4.69) is 20.8 Å². The molecule has 170 valence electrons. The molecular formula is C29H22N4O2. The van der Waals surface area contributed by atoms with Crippen molar-refractivity contribution >= 4 is 34.4 Å². The number of anilines is 2. The maximum absolute atomic E-state index is 12.5. The van der Waals surface area contributed by atoms with Crippen molar-refractivity contribution in [3.8, 4) is 11.5 Å². The lowest BCUT2D eigenvalue weighted by Crippen LogP contribution is -2.17. The number of rotatable bonds is 7. The predicted molar refractivity (Wildman–Crippen MR) is 139 cm³/mol. The van der Waals surface area contributed by atoms with Gasteiger partial charge in [0.25, 0.3) is 5.91 Å². The molecular weight excluding hydrogens is 436 g/mol. The summed E-state index contributed by atoms with van der Waals surface area (Å²) in [6, 6.07) is 34.1. The second-order valence-electron chi connectivity index (χ2n) is 7.76. The SMILES string of the molecule is O=C(N/N=C/c1cccc(Oc2ccccc2)c1)c1ccc(Nc2ccnc3ccccc23)cc1. The topological polar surface area (TPSA) is 75.6 Å². The molecule has 0 unspecified atom stereocenters. The van der Waals surface area contributed by atoms with Crippen LogP contribution in [0.4, 0.5) is 11.4 Å². The Balaban J connectivity index is 1.20. The van der Waals surface area contributed by atoms with Crippen molar-refractivity contribution in [1.82, 2.24) is 10.4 Å². The van der Waals surface area contributed by atoms with Crippen LogP contribution in [0.1, 0.15) is 15.9 Å². The molecule has 5 rings (SSSR count). The minimum atomic E-state index is -0.293. The summed E-state index contributed by atoms with van der Waals surface area (Å²) in [5, 5.41) is 8.51. The van der Waals surface area contributed by atoms with Crippen LogP contribution < -0.4 is 15.5 Å². The number of pyridine rings is 1. The van der Waals surface area contributed by atoms with Gasteiger partial charge in [0, 0.05) is 28.5 Å². The summed E-state index contributed by atoms with van der Waals surface area (Å²) in [7, 11) is 0. The molecule has 5 aromatic rings. The van der Waals surface area contributed by atoms with E-state index < -0.39 is 0 Å². The number of carbonyl (C=O) groups is 1. The Labute approximate surface area is 202 Å². The van der Waals surface area contributed by atoms with Gasteiger partial charge in [-0.1, -0.05) is 48.5 Å². The van der Waals surface area contributed by atoms with E-state index in [9.17, 15) is 4.79 Å². The molecule has 1 heterocycles. The number of benzene rings is 4. The second-order valence-corrected chi connectivity index (χ2v) is 7.76. The number of hydrogen-bond acceptors (Lipinski definition) is 5. The fraction of sp³-hybridized carbons (Fsp3) is 0. The number of hydrazone groups is 1. The maximum Gasteiger partial charge on any atom is 0.271 e. The van der Waals surface area contributed by atoms with Gasteiger partial charge < -0.3 is 10.1 Å². The third-order valence-corrected chi connectivity index (χ3v) is 5.29. The number of aromatic nitrogens is 1. The van der Waals surface area contributed by atoms with Crippen LogP contribution in [0.2, 0.25) is 0 Å². The highest BCUT2D eigenvalue weighted by Gasteiger charge is 2.06. The Morgan fingerprint density at radius 3 is 2.43 bits per heavy atom. The van der Waals surface area contributed by atoms with Gasteiger partial charge in [-0.25, -0.2) is 5.43 Å². The average Bonchev–Trinajstić information content (AvgIpc) is 2.90. The van der Waals surface area contributed by atoms with Gasteiger partial charge in [0.1, 0.15) is 11.5 Å². The van der Waals surface area contributed by atoms with Gasteiger partial charge >= 0.3 is 0 Å². The van der Waals surface area contributed by atoms with Crippen molar-refractivity contribution in [3.05, 3.63) is 127 Å². The van der Waals surface area contributed by atoms with Crippen LogP contribution in [0, 0.1) is 0 Å². The summed E-state index contributed by atoms with van der Waals surface area (Å²) in [6.45, 7) is 0. The lowest BCUT2D eigenvalue weighted by molar-refractivity contribution is 0.0955. The highest BCUT2D eigenvalue weighted by atomic mass is 16.5. The Kier molecular flexibility index (Phi) is 6.44. The molecule has 6 heteroatoms. The highest BCUT2D eigenvalue weighted by molar-refractivity contribution is 5.96. The smallest absolute Gasteiger partial charge is 0.271 e. The molecule has 0 aliphatic heterocycles. The van der Waals surface area contributed by atoms with Crippen molar-refractivity contribution in [2.45, 2.75) is 0 Å². The van der Waals surface area contributed by atoms with E-state index in [1.807, 2.05) is 97.1 Å². The molecule has 1 amide bonds. The van der Waals surface area contributed by atoms with Crippen LogP contribution in [0.15, 0.2) is 120 Å².